The highest BCUT2D eigenvalue weighted by atomic mass is 35.5. The second-order valence-electron chi connectivity index (χ2n) is 5.68. The molecule has 1 aliphatic heterocycles. The molecule has 0 bridgehead atoms. The minimum absolute atomic E-state index is 0.0160. The third kappa shape index (κ3) is 3.40. The summed E-state index contributed by atoms with van der Waals surface area (Å²) in [6, 6.07) is 11.1. The number of halogens is 1. The number of anilines is 1. The first-order valence-electron chi connectivity index (χ1n) is 7.38. The summed E-state index contributed by atoms with van der Waals surface area (Å²) in [5.74, 6) is 0.434. The van der Waals surface area contributed by atoms with Crippen LogP contribution in [0, 0.1) is 0 Å². The van der Waals surface area contributed by atoms with E-state index in [-0.39, 0.29) is 12.0 Å². The van der Waals surface area contributed by atoms with Gasteiger partial charge in [0.15, 0.2) is 0 Å². The molecule has 1 aromatic heterocycles. The summed E-state index contributed by atoms with van der Waals surface area (Å²) in [6.07, 6.45) is 1.57. The zero-order valence-electron chi connectivity index (χ0n) is 13.1. The number of rotatable bonds is 4. The van der Waals surface area contributed by atoms with E-state index in [2.05, 4.69) is 4.98 Å². The number of amides is 1. The Balaban J connectivity index is 1.56. The van der Waals surface area contributed by atoms with Crippen molar-refractivity contribution >= 4 is 23.2 Å². The number of hydrogen-bond donors (Lipinski definition) is 0. The molecular formula is C17H18ClN3O2. The van der Waals surface area contributed by atoms with Crippen LogP contribution in [-0.2, 0) is 0 Å². The van der Waals surface area contributed by atoms with Gasteiger partial charge in [-0.2, -0.15) is 0 Å². The predicted molar refractivity (Wildman–Crippen MR) is 90.3 cm³/mol. The van der Waals surface area contributed by atoms with Crippen molar-refractivity contribution in [1.82, 2.24) is 9.88 Å². The lowest BCUT2D eigenvalue weighted by Crippen LogP contribution is -2.56. The first-order valence-corrected chi connectivity index (χ1v) is 7.76. The van der Waals surface area contributed by atoms with E-state index in [0.717, 1.165) is 5.69 Å². The molecule has 0 unspecified atom stereocenters. The summed E-state index contributed by atoms with van der Waals surface area (Å²) >= 11 is 6.01. The molecule has 0 saturated carbocycles. The van der Waals surface area contributed by atoms with Crippen LogP contribution in [0.3, 0.4) is 0 Å². The Bertz CT molecular complexity index is 697. The second-order valence-corrected chi connectivity index (χ2v) is 6.09. The SMILES string of the molecule is CN(C)c1ccc(C(=O)N2CC(Oc3ncccc3Cl)C2)cc1. The summed E-state index contributed by atoms with van der Waals surface area (Å²) < 4.78 is 5.70. The zero-order valence-corrected chi connectivity index (χ0v) is 13.8. The fourth-order valence-corrected chi connectivity index (χ4v) is 2.55. The normalized spacial score (nSPS) is 14.3. The van der Waals surface area contributed by atoms with Crippen molar-refractivity contribution in [2.24, 2.45) is 0 Å². The van der Waals surface area contributed by atoms with E-state index in [1.165, 1.54) is 0 Å². The van der Waals surface area contributed by atoms with E-state index in [9.17, 15) is 4.79 Å². The highest BCUT2D eigenvalue weighted by Gasteiger charge is 2.33. The molecular weight excluding hydrogens is 314 g/mol. The lowest BCUT2D eigenvalue weighted by Gasteiger charge is -2.38. The third-order valence-electron chi connectivity index (χ3n) is 3.77. The average molecular weight is 332 g/mol. The number of carbonyl (C=O) groups excluding carboxylic acids is 1. The third-order valence-corrected chi connectivity index (χ3v) is 4.06. The Kier molecular flexibility index (Phi) is 4.39. The van der Waals surface area contributed by atoms with Gasteiger partial charge in [0.2, 0.25) is 5.88 Å². The fraction of sp³-hybridized carbons (Fsp3) is 0.294. The molecule has 3 rings (SSSR count). The van der Waals surface area contributed by atoms with Gasteiger partial charge in [-0.05, 0) is 36.4 Å². The fourth-order valence-electron chi connectivity index (χ4n) is 2.38. The summed E-state index contributed by atoms with van der Waals surface area (Å²) in [5, 5.41) is 0.483. The predicted octanol–water partition coefficient (Wildman–Crippen LogP) is 2.70. The molecule has 1 amide bonds. The van der Waals surface area contributed by atoms with Crippen LogP contribution >= 0.6 is 11.6 Å². The van der Waals surface area contributed by atoms with Gasteiger partial charge >= 0.3 is 0 Å². The van der Waals surface area contributed by atoms with Crippen LogP contribution in [0.25, 0.3) is 0 Å². The molecule has 2 aromatic rings. The van der Waals surface area contributed by atoms with Crippen LogP contribution in [0.4, 0.5) is 5.69 Å². The van der Waals surface area contributed by atoms with Crippen LogP contribution in [0.15, 0.2) is 42.6 Å². The molecule has 120 valence electrons. The quantitative estimate of drug-likeness (QED) is 0.864. The van der Waals surface area contributed by atoms with Crippen LogP contribution < -0.4 is 9.64 Å². The molecule has 1 saturated heterocycles. The molecule has 23 heavy (non-hydrogen) atoms. The molecule has 0 radical (unpaired) electrons. The number of likely N-dealkylation sites (tertiary alicyclic amines) is 1. The molecule has 0 spiro atoms. The molecule has 0 aliphatic carbocycles. The van der Waals surface area contributed by atoms with E-state index >= 15 is 0 Å². The number of ether oxygens (including phenoxy) is 1. The molecule has 1 aromatic carbocycles. The van der Waals surface area contributed by atoms with Gasteiger partial charge in [0, 0.05) is 31.5 Å². The van der Waals surface area contributed by atoms with Gasteiger partial charge in [0.25, 0.3) is 5.91 Å². The van der Waals surface area contributed by atoms with Crippen LogP contribution in [0.5, 0.6) is 5.88 Å². The lowest BCUT2D eigenvalue weighted by molar-refractivity contribution is 0.0160. The number of carbonyl (C=O) groups is 1. The van der Waals surface area contributed by atoms with Gasteiger partial charge in [-0.3, -0.25) is 4.79 Å². The first kappa shape index (κ1) is 15.6. The maximum Gasteiger partial charge on any atom is 0.254 e. The van der Waals surface area contributed by atoms with E-state index in [1.807, 2.05) is 43.3 Å². The van der Waals surface area contributed by atoms with Crippen LogP contribution in [0.2, 0.25) is 5.02 Å². The monoisotopic (exact) mass is 331 g/mol. The second kappa shape index (κ2) is 6.46. The topological polar surface area (TPSA) is 45.7 Å². The summed E-state index contributed by atoms with van der Waals surface area (Å²) in [6.45, 7) is 1.09. The molecule has 2 heterocycles. The van der Waals surface area contributed by atoms with Gasteiger partial charge < -0.3 is 14.5 Å². The molecule has 6 heteroatoms. The van der Waals surface area contributed by atoms with Crippen molar-refractivity contribution in [1.29, 1.82) is 0 Å². The van der Waals surface area contributed by atoms with Crippen LogP contribution in [0.1, 0.15) is 10.4 Å². The minimum atomic E-state index is -0.0626. The first-order chi connectivity index (χ1) is 11.0. The standard InChI is InChI=1S/C17H18ClN3O2/c1-20(2)13-7-5-12(6-8-13)17(22)21-10-14(11-21)23-16-15(18)4-3-9-19-16/h3-9,14H,10-11H2,1-2H3. The van der Waals surface area contributed by atoms with Gasteiger partial charge in [-0.25, -0.2) is 4.98 Å². The van der Waals surface area contributed by atoms with Crippen molar-refractivity contribution in [3.8, 4) is 5.88 Å². The van der Waals surface area contributed by atoms with Crippen molar-refractivity contribution in [3.63, 3.8) is 0 Å². The summed E-state index contributed by atoms with van der Waals surface area (Å²) in [5.41, 5.74) is 1.75. The Morgan fingerprint density at radius 2 is 1.96 bits per heavy atom. The number of benzene rings is 1. The van der Waals surface area contributed by atoms with Crippen molar-refractivity contribution in [2.45, 2.75) is 6.10 Å². The van der Waals surface area contributed by atoms with Crippen molar-refractivity contribution in [2.75, 3.05) is 32.1 Å². The van der Waals surface area contributed by atoms with Gasteiger partial charge in [-0.15, -0.1) is 0 Å². The lowest BCUT2D eigenvalue weighted by atomic mass is 10.1. The highest BCUT2D eigenvalue weighted by Crippen LogP contribution is 2.25. The highest BCUT2D eigenvalue weighted by molar-refractivity contribution is 6.31. The average Bonchev–Trinajstić information content (AvgIpc) is 2.51. The number of nitrogens with zero attached hydrogens (tertiary/aromatic N) is 3. The minimum Gasteiger partial charge on any atom is -0.470 e. The van der Waals surface area contributed by atoms with Crippen molar-refractivity contribution < 1.29 is 9.53 Å². The van der Waals surface area contributed by atoms with E-state index in [0.29, 0.717) is 29.6 Å². The van der Waals surface area contributed by atoms with E-state index in [1.54, 1.807) is 23.2 Å². The Labute approximate surface area is 140 Å². The molecule has 5 nitrogen and oxygen atoms in total. The summed E-state index contributed by atoms with van der Waals surface area (Å²) in [4.78, 5) is 20.2. The van der Waals surface area contributed by atoms with Gasteiger partial charge in [0.05, 0.1) is 13.1 Å². The van der Waals surface area contributed by atoms with Gasteiger partial charge in [0.1, 0.15) is 11.1 Å². The number of pyridine rings is 1. The molecule has 1 fully saturated rings. The maximum atomic E-state index is 12.4. The Morgan fingerprint density at radius 1 is 1.26 bits per heavy atom. The summed E-state index contributed by atoms with van der Waals surface area (Å²) in [7, 11) is 3.94. The molecule has 0 N–H and O–H groups in total. The number of hydrogen-bond acceptors (Lipinski definition) is 4. The molecule has 1 aliphatic rings. The maximum absolute atomic E-state index is 12.4. The van der Waals surface area contributed by atoms with E-state index in [4.69, 9.17) is 16.3 Å². The van der Waals surface area contributed by atoms with E-state index < -0.39 is 0 Å². The van der Waals surface area contributed by atoms with Gasteiger partial charge in [-0.1, -0.05) is 11.6 Å². The molecule has 0 atom stereocenters. The number of aromatic nitrogens is 1. The van der Waals surface area contributed by atoms with Crippen LogP contribution in [-0.4, -0.2) is 49.1 Å². The largest absolute Gasteiger partial charge is 0.470 e. The Hall–Kier alpha value is -2.27. The van der Waals surface area contributed by atoms with Crippen molar-refractivity contribution in [3.05, 3.63) is 53.2 Å². The smallest absolute Gasteiger partial charge is 0.254 e. The Morgan fingerprint density at radius 3 is 2.57 bits per heavy atom. The zero-order chi connectivity index (χ0) is 16.4.